The molecule has 1 N–H and O–H groups in total. The summed E-state index contributed by atoms with van der Waals surface area (Å²) in [6, 6.07) is 0.675. The van der Waals surface area contributed by atoms with Gasteiger partial charge in [0.05, 0.1) is 6.10 Å². The van der Waals surface area contributed by atoms with E-state index in [1.165, 1.54) is 38.8 Å². The highest BCUT2D eigenvalue weighted by Crippen LogP contribution is 2.53. The number of rotatable bonds is 1. The Hall–Kier alpha value is -0.0800. The summed E-state index contributed by atoms with van der Waals surface area (Å²) < 4.78 is 0. The first-order chi connectivity index (χ1) is 7.19. The van der Waals surface area contributed by atoms with Crippen LogP contribution < -0.4 is 0 Å². The van der Waals surface area contributed by atoms with Gasteiger partial charge in [-0.1, -0.05) is 6.92 Å². The summed E-state index contributed by atoms with van der Waals surface area (Å²) in [5.41, 5.74) is 0.738. The summed E-state index contributed by atoms with van der Waals surface area (Å²) in [6.45, 7) is 4.99. The molecule has 2 aliphatic carbocycles. The van der Waals surface area contributed by atoms with Gasteiger partial charge in [-0.2, -0.15) is 0 Å². The lowest BCUT2D eigenvalue weighted by Crippen LogP contribution is -2.43. The summed E-state index contributed by atoms with van der Waals surface area (Å²) in [5, 5.41) is 9.78. The van der Waals surface area contributed by atoms with Crippen molar-refractivity contribution in [3.05, 3.63) is 0 Å². The molecule has 15 heavy (non-hydrogen) atoms. The molecule has 0 bridgehead atoms. The van der Waals surface area contributed by atoms with Crippen LogP contribution in [0.25, 0.3) is 0 Å². The lowest BCUT2D eigenvalue weighted by atomic mass is 9.83. The van der Waals surface area contributed by atoms with E-state index in [1.54, 1.807) is 0 Å². The maximum atomic E-state index is 9.78. The molecule has 1 heterocycles. The first kappa shape index (κ1) is 10.1. The van der Waals surface area contributed by atoms with Crippen LogP contribution in [0.2, 0.25) is 0 Å². The van der Waals surface area contributed by atoms with Crippen LogP contribution in [0, 0.1) is 11.3 Å². The van der Waals surface area contributed by atoms with Crippen molar-refractivity contribution in [1.82, 2.24) is 4.90 Å². The van der Waals surface area contributed by atoms with Gasteiger partial charge < -0.3 is 5.11 Å². The molecule has 1 aliphatic heterocycles. The normalized spacial score (nSPS) is 44.8. The van der Waals surface area contributed by atoms with E-state index in [2.05, 4.69) is 11.8 Å². The average molecular weight is 209 g/mol. The molecular formula is C13H23NO. The van der Waals surface area contributed by atoms with Crippen LogP contribution >= 0.6 is 0 Å². The molecule has 0 amide bonds. The van der Waals surface area contributed by atoms with Crippen LogP contribution in [-0.2, 0) is 0 Å². The van der Waals surface area contributed by atoms with Crippen molar-refractivity contribution in [3.8, 4) is 0 Å². The second kappa shape index (κ2) is 3.46. The SMILES string of the molecule is CC1CCC(O)CC1N1CCC2(CC2)C1. The molecule has 86 valence electrons. The zero-order chi connectivity index (χ0) is 10.5. The minimum absolute atomic E-state index is 0.0260. The van der Waals surface area contributed by atoms with Crippen LogP contribution in [0.15, 0.2) is 0 Å². The summed E-state index contributed by atoms with van der Waals surface area (Å²) in [6.07, 6.45) is 7.59. The summed E-state index contributed by atoms with van der Waals surface area (Å²) in [4.78, 5) is 2.68. The highest BCUT2D eigenvalue weighted by molar-refractivity contribution is 5.02. The summed E-state index contributed by atoms with van der Waals surface area (Å²) in [7, 11) is 0. The monoisotopic (exact) mass is 209 g/mol. The van der Waals surface area contributed by atoms with Crippen molar-refractivity contribution in [2.24, 2.45) is 11.3 Å². The molecule has 2 heteroatoms. The standard InChI is InChI=1S/C13H23NO/c1-10-2-3-11(15)8-12(10)14-7-6-13(9-14)4-5-13/h10-12,15H,2-9H2,1H3. The Balaban J connectivity index is 1.65. The average Bonchev–Trinajstić information content (AvgIpc) is 2.82. The third-order valence-electron chi connectivity index (χ3n) is 5.02. The Bertz CT molecular complexity index is 249. The van der Waals surface area contributed by atoms with Gasteiger partial charge in [-0.05, 0) is 56.4 Å². The minimum Gasteiger partial charge on any atom is -0.393 e. The number of hydrogen-bond acceptors (Lipinski definition) is 2. The van der Waals surface area contributed by atoms with E-state index in [9.17, 15) is 5.11 Å². The molecule has 0 aromatic carbocycles. The van der Waals surface area contributed by atoms with Gasteiger partial charge in [0.1, 0.15) is 0 Å². The Morgan fingerprint density at radius 2 is 2.00 bits per heavy atom. The highest BCUT2D eigenvalue weighted by atomic mass is 16.3. The van der Waals surface area contributed by atoms with Gasteiger partial charge in [-0.3, -0.25) is 4.90 Å². The molecule has 1 spiro atoms. The van der Waals surface area contributed by atoms with Crippen molar-refractivity contribution < 1.29 is 5.11 Å². The summed E-state index contributed by atoms with van der Waals surface area (Å²) >= 11 is 0. The number of nitrogens with zero attached hydrogens (tertiary/aromatic N) is 1. The van der Waals surface area contributed by atoms with Gasteiger partial charge in [-0.15, -0.1) is 0 Å². The fraction of sp³-hybridized carbons (Fsp3) is 1.00. The second-order valence-corrected chi connectivity index (χ2v) is 6.23. The van der Waals surface area contributed by atoms with E-state index in [0.29, 0.717) is 6.04 Å². The number of aliphatic hydroxyl groups excluding tert-OH is 1. The predicted molar refractivity (Wildman–Crippen MR) is 60.7 cm³/mol. The molecule has 3 fully saturated rings. The minimum atomic E-state index is -0.0260. The molecule has 3 rings (SSSR count). The quantitative estimate of drug-likeness (QED) is 0.714. The fourth-order valence-corrected chi connectivity index (χ4v) is 3.62. The molecular weight excluding hydrogens is 186 g/mol. The number of hydrogen-bond donors (Lipinski definition) is 1. The molecule has 0 aromatic rings. The Kier molecular flexibility index (Phi) is 2.33. The molecule has 2 saturated carbocycles. The highest BCUT2D eigenvalue weighted by Gasteiger charge is 2.49. The Morgan fingerprint density at radius 1 is 1.20 bits per heavy atom. The van der Waals surface area contributed by atoms with Gasteiger partial charge in [0.2, 0.25) is 0 Å². The van der Waals surface area contributed by atoms with Gasteiger partial charge in [0.15, 0.2) is 0 Å². The molecule has 0 radical (unpaired) electrons. The van der Waals surface area contributed by atoms with Crippen LogP contribution in [0.4, 0.5) is 0 Å². The molecule has 1 saturated heterocycles. The van der Waals surface area contributed by atoms with Crippen molar-refractivity contribution >= 4 is 0 Å². The Morgan fingerprint density at radius 3 is 2.67 bits per heavy atom. The van der Waals surface area contributed by atoms with E-state index < -0.39 is 0 Å². The largest absolute Gasteiger partial charge is 0.393 e. The topological polar surface area (TPSA) is 23.5 Å². The molecule has 2 nitrogen and oxygen atoms in total. The first-order valence-electron chi connectivity index (χ1n) is 6.61. The van der Waals surface area contributed by atoms with E-state index in [1.807, 2.05) is 0 Å². The molecule has 3 atom stereocenters. The summed E-state index contributed by atoms with van der Waals surface area (Å²) in [5.74, 6) is 0.794. The van der Waals surface area contributed by atoms with Gasteiger partial charge in [0.25, 0.3) is 0 Å². The zero-order valence-electron chi connectivity index (χ0n) is 9.78. The van der Waals surface area contributed by atoms with Gasteiger partial charge in [-0.25, -0.2) is 0 Å². The molecule has 0 aromatic heterocycles. The first-order valence-corrected chi connectivity index (χ1v) is 6.61. The van der Waals surface area contributed by atoms with E-state index in [0.717, 1.165) is 24.2 Å². The Labute approximate surface area is 92.7 Å². The third-order valence-corrected chi connectivity index (χ3v) is 5.02. The lowest BCUT2D eigenvalue weighted by molar-refractivity contribution is 0.0405. The molecule has 3 aliphatic rings. The smallest absolute Gasteiger partial charge is 0.0555 e. The van der Waals surface area contributed by atoms with Crippen molar-refractivity contribution in [3.63, 3.8) is 0 Å². The van der Waals surface area contributed by atoms with Gasteiger partial charge >= 0.3 is 0 Å². The fourth-order valence-electron chi connectivity index (χ4n) is 3.62. The number of aliphatic hydroxyl groups is 1. The lowest BCUT2D eigenvalue weighted by Gasteiger charge is -2.38. The van der Waals surface area contributed by atoms with Crippen molar-refractivity contribution in [2.75, 3.05) is 13.1 Å². The predicted octanol–water partition coefficient (Wildman–Crippen LogP) is 2.02. The van der Waals surface area contributed by atoms with E-state index in [-0.39, 0.29) is 6.10 Å². The third kappa shape index (κ3) is 1.83. The van der Waals surface area contributed by atoms with Crippen molar-refractivity contribution in [2.45, 2.75) is 57.6 Å². The van der Waals surface area contributed by atoms with Crippen LogP contribution in [0.1, 0.15) is 45.4 Å². The van der Waals surface area contributed by atoms with Gasteiger partial charge in [0, 0.05) is 12.6 Å². The van der Waals surface area contributed by atoms with Crippen LogP contribution in [0.5, 0.6) is 0 Å². The maximum absolute atomic E-state index is 9.78. The van der Waals surface area contributed by atoms with E-state index >= 15 is 0 Å². The second-order valence-electron chi connectivity index (χ2n) is 6.23. The van der Waals surface area contributed by atoms with Crippen LogP contribution in [0.3, 0.4) is 0 Å². The zero-order valence-corrected chi connectivity index (χ0v) is 9.78. The number of likely N-dealkylation sites (tertiary alicyclic amines) is 1. The van der Waals surface area contributed by atoms with E-state index in [4.69, 9.17) is 0 Å². The molecule has 3 unspecified atom stereocenters. The van der Waals surface area contributed by atoms with Crippen LogP contribution in [-0.4, -0.2) is 35.2 Å². The van der Waals surface area contributed by atoms with Crippen molar-refractivity contribution in [1.29, 1.82) is 0 Å². The maximum Gasteiger partial charge on any atom is 0.0555 e.